The Bertz CT molecular complexity index is 696. The summed E-state index contributed by atoms with van der Waals surface area (Å²) in [6.45, 7) is 0. The van der Waals surface area contributed by atoms with E-state index in [2.05, 4.69) is 23.3 Å². The van der Waals surface area contributed by atoms with E-state index in [1.807, 2.05) is 0 Å². The first-order chi connectivity index (χ1) is 12.6. The number of hydrogen-bond donors (Lipinski definition) is 7. The second-order valence-corrected chi connectivity index (χ2v) is 6.08. The fraction of sp³-hybridized carbons (Fsp3) is 0.375. The van der Waals surface area contributed by atoms with Crippen LogP contribution in [0.1, 0.15) is 12.0 Å². The molecule has 0 aliphatic carbocycles. The van der Waals surface area contributed by atoms with Gasteiger partial charge in [-0.1, -0.05) is 12.1 Å². The maximum Gasteiger partial charge on any atom is 0.327 e. The van der Waals surface area contributed by atoms with Gasteiger partial charge >= 0.3 is 11.9 Å². The third-order valence-electron chi connectivity index (χ3n) is 3.54. The predicted molar refractivity (Wildman–Crippen MR) is 97.4 cm³/mol. The van der Waals surface area contributed by atoms with Gasteiger partial charge in [-0.25, -0.2) is 4.79 Å². The van der Waals surface area contributed by atoms with Crippen LogP contribution < -0.4 is 16.4 Å². The van der Waals surface area contributed by atoms with E-state index in [1.54, 1.807) is 0 Å². The van der Waals surface area contributed by atoms with Crippen molar-refractivity contribution >= 4 is 36.4 Å². The summed E-state index contributed by atoms with van der Waals surface area (Å²) in [4.78, 5) is 46.3. The average molecular weight is 399 g/mol. The van der Waals surface area contributed by atoms with Crippen molar-refractivity contribution in [1.82, 2.24) is 10.6 Å². The van der Waals surface area contributed by atoms with E-state index in [0.717, 1.165) is 0 Å². The summed E-state index contributed by atoms with van der Waals surface area (Å²) >= 11 is 3.85. The third kappa shape index (κ3) is 7.54. The molecule has 0 heterocycles. The monoisotopic (exact) mass is 399 g/mol. The molecule has 0 aliphatic heterocycles. The molecule has 0 fully saturated rings. The van der Waals surface area contributed by atoms with Crippen LogP contribution in [-0.4, -0.2) is 63.0 Å². The first kappa shape index (κ1) is 22.3. The second-order valence-electron chi connectivity index (χ2n) is 5.72. The number of carbonyl (C=O) groups is 4. The number of benzene rings is 1. The first-order valence-corrected chi connectivity index (χ1v) is 8.47. The fourth-order valence-electron chi connectivity index (χ4n) is 2.09. The summed E-state index contributed by atoms with van der Waals surface area (Å²) in [5.41, 5.74) is 6.06. The number of phenols is 1. The molecule has 0 unspecified atom stereocenters. The van der Waals surface area contributed by atoms with Crippen LogP contribution >= 0.6 is 12.6 Å². The maximum atomic E-state index is 12.4. The van der Waals surface area contributed by atoms with Gasteiger partial charge in [0.1, 0.15) is 17.8 Å². The smallest absolute Gasteiger partial charge is 0.327 e. The van der Waals surface area contributed by atoms with Crippen molar-refractivity contribution in [3.05, 3.63) is 29.8 Å². The lowest BCUT2D eigenvalue weighted by atomic mass is 10.0. The fourth-order valence-corrected chi connectivity index (χ4v) is 2.34. The van der Waals surface area contributed by atoms with Crippen LogP contribution in [0.3, 0.4) is 0 Å². The number of phenolic OH excluding ortho intramolecular Hbond substituents is 1. The predicted octanol–water partition coefficient (Wildman–Crippen LogP) is -1.28. The highest BCUT2D eigenvalue weighted by atomic mass is 32.1. The molecule has 0 spiro atoms. The molecule has 27 heavy (non-hydrogen) atoms. The quantitative estimate of drug-likeness (QED) is 0.238. The molecule has 1 aromatic rings. The highest BCUT2D eigenvalue weighted by Crippen LogP contribution is 2.12. The van der Waals surface area contributed by atoms with E-state index < -0.39 is 48.3 Å². The minimum atomic E-state index is -1.38. The van der Waals surface area contributed by atoms with Crippen LogP contribution in [-0.2, 0) is 25.6 Å². The van der Waals surface area contributed by atoms with E-state index in [4.69, 9.17) is 15.9 Å². The third-order valence-corrected chi connectivity index (χ3v) is 3.90. The van der Waals surface area contributed by atoms with Gasteiger partial charge in [0.15, 0.2) is 0 Å². The number of amides is 2. The lowest BCUT2D eigenvalue weighted by Crippen LogP contribution is -2.55. The molecular formula is C16H21N3O7S. The lowest BCUT2D eigenvalue weighted by molar-refractivity contribution is -0.142. The molecule has 0 saturated heterocycles. The standard InChI is InChI=1S/C16H21N3O7S/c17-10(6-13(21)22)14(23)18-11(5-8-1-3-9(20)4-2-8)15(24)19-12(7-27)16(25)26/h1-4,10-12,20,27H,5-7,17H2,(H,18,23)(H,19,24)(H,21,22)(H,25,26)/t10-,11-,12-/m0/s1. The number of aliphatic carboxylic acids is 2. The van der Waals surface area contributed by atoms with E-state index in [0.29, 0.717) is 5.56 Å². The Labute approximate surface area is 160 Å². The Morgan fingerprint density at radius 3 is 2.04 bits per heavy atom. The van der Waals surface area contributed by atoms with Gasteiger partial charge in [-0.2, -0.15) is 12.6 Å². The minimum Gasteiger partial charge on any atom is -0.508 e. The zero-order chi connectivity index (χ0) is 20.6. The minimum absolute atomic E-state index is 0.00767. The van der Waals surface area contributed by atoms with Crippen molar-refractivity contribution in [2.75, 3.05) is 5.75 Å². The van der Waals surface area contributed by atoms with Gasteiger partial charge in [-0.15, -0.1) is 0 Å². The molecule has 148 valence electrons. The number of carbonyl (C=O) groups excluding carboxylic acids is 2. The van der Waals surface area contributed by atoms with E-state index in [9.17, 15) is 24.3 Å². The van der Waals surface area contributed by atoms with Crippen molar-refractivity contribution in [2.24, 2.45) is 5.73 Å². The van der Waals surface area contributed by atoms with Gasteiger partial charge in [0.25, 0.3) is 0 Å². The number of thiol groups is 1. The van der Waals surface area contributed by atoms with Crippen molar-refractivity contribution in [3.63, 3.8) is 0 Å². The first-order valence-electron chi connectivity index (χ1n) is 7.83. The van der Waals surface area contributed by atoms with Gasteiger partial charge in [0.2, 0.25) is 11.8 Å². The molecule has 11 heteroatoms. The molecule has 0 aliphatic rings. The maximum absolute atomic E-state index is 12.4. The summed E-state index contributed by atoms with van der Waals surface area (Å²) in [7, 11) is 0. The van der Waals surface area contributed by atoms with Gasteiger partial charge < -0.3 is 31.7 Å². The van der Waals surface area contributed by atoms with Crippen LogP contribution in [0.25, 0.3) is 0 Å². The molecule has 1 aromatic carbocycles. The summed E-state index contributed by atoms with van der Waals surface area (Å²) in [6, 6.07) is 1.96. The summed E-state index contributed by atoms with van der Waals surface area (Å²) in [6.07, 6.45) is -0.662. The summed E-state index contributed by atoms with van der Waals surface area (Å²) < 4.78 is 0. The zero-order valence-corrected chi connectivity index (χ0v) is 15.1. The Balaban J connectivity index is 2.95. The highest BCUT2D eigenvalue weighted by Gasteiger charge is 2.28. The number of rotatable bonds is 10. The Kier molecular flexibility index (Phi) is 8.56. The largest absolute Gasteiger partial charge is 0.508 e. The second kappa shape index (κ2) is 10.4. The summed E-state index contributed by atoms with van der Waals surface area (Å²) in [5, 5.41) is 31.6. The molecule has 1 rings (SSSR count). The van der Waals surface area contributed by atoms with Crippen LogP contribution in [0, 0.1) is 0 Å². The van der Waals surface area contributed by atoms with Crippen LogP contribution in [0.15, 0.2) is 24.3 Å². The molecule has 3 atom stereocenters. The molecule has 7 N–H and O–H groups in total. The van der Waals surface area contributed by atoms with Gasteiger partial charge in [0, 0.05) is 12.2 Å². The zero-order valence-electron chi connectivity index (χ0n) is 14.2. The summed E-state index contributed by atoms with van der Waals surface area (Å²) in [5.74, 6) is -4.39. The molecular weight excluding hydrogens is 378 g/mol. The highest BCUT2D eigenvalue weighted by molar-refractivity contribution is 7.80. The van der Waals surface area contributed by atoms with Gasteiger partial charge in [-0.05, 0) is 17.7 Å². The number of nitrogens with one attached hydrogen (secondary N) is 2. The van der Waals surface area contributed by atoms with E-state index in [-0.39, 0.29) is 17.9 Å². The normalized spacial score (nSPS) is 13.9. The molecule has 0 radical (unpaired) electrons. The van der Waals surface area contributed by atoms with Crippen LogP contribution in [0.5, 0.6) is 5.75 Å². The molecule has 2 amide bonds. The Hall–Kier alpha value is -2.79. The van der Waals surface area contributed by atoms with Crippen molar-refractivity contribution in [2.45, 2.75) is 31.0 Å². The SMILES string of the molecule is N[C@@H](CC(=O)O)C(=O)N[C@@H](Cc1ccc(O)cc1)C(=O)N[C@@H](CS)C(=O)O. The Morgan fingerprint density at radius 2 is 1.56 bits per heavy atom. The number of carboxylic acid groups (broad SMARTS) is 2. The van der Waals surface area contributed by atoms with Gasteiger partial charge in [-0.3, -0.25) is 14.4 Å². The number of carboxylic acids is 2. The van der Waals surface area contributed by atoms with Crippen molar-refractivity contribution in [3.8, 4) is 5.75 Å². The van der Waals surface area contributed by atoms with Crippen molar-refractivity contribution < 1.29 is 34.5 Å². The van der Waals surface area contributed by atoms with E-state index >= 15 is 0 Å². The number of hydrogen-bond acceptors (Lipinski definition) is 7. The van der Waals surface area contributed by atoms with E-state index in [1.165, 1.54) is 24.3 Å². The van der Waals surface area contributed by atoms with Crippen LogP contribution in [0.4, 0.5) is 0 Å². The molecule has 0 saturated carbocycles. The Morgan fingerprint density at radius 1 is 1.00 bits per heavy atom. The topological polar surface area (TPSA) is 179 Å². The van der Waals surface area contributed by atoms with Crippen LogP contribution in [0.2, 0.25) is 0 Å². The lowest BCUT2D eigenvalue weighted by Gasteiger charge is -2.22. The number of nitrogens with two attached hydrogens (primary N) is 1. The molecule has 0 bridgehead atoms. The van der Waals surface area contributed by atoms with Gasteiger partial charge in [0.05, 0.1) is 12.5 Å². The van der Waals surface area contributed by atoms with Crippen molar-refractivity contribution in [1.29, 1.82) is 0 Å². The molecule has 0 aromatic heterocycles. The number of aromatic hydroxyl groups is 1. The average Bonchev–Trinajstić information content (AvgIpc) is 2.59. The molecule has 10 nitrogen and oxygen atoms in total.